The Labute approximate surface area is 203 Å². The lowest BCUT2D eigenvalue weighted by Crippen LogP contribution is -2.49. The third-order valence-corrected chi connectivity index (χ3v) is 7.51. The van der Waals surface area contributed by atoms with Crippen LogP contribution in [0.1, 0.15) is 35.4 Å². The van der Waals surface area contributed by atoms with Gasteiger partial charge in [-0.3, -0.25) is 15.1 Å². The first-order valence-corrected chi connectivity index (χ1v) is 11.5. The average Bonchev–Trinajstić information content (AvgIpc) is 3.48. The molecule has 1 saturated heterocycles. The maximum absolute atomic E-state index is 14.2. The minimum absolute atomic E-state index is 0.0291. The molecule has 174 valence electrons. The molecule has 0 bridgehead atoms. The van der Waals surface area contributed by atoms with Crippen molar-refractivity contribution in [3.05, 3.63) is 74.2 Å². The molecule has 2 heterocycles. The van der Waals surface area contributed by atoms with Gasteiger partial charge in [-0.2, -0.15) is 13.2 Å². The van der Waals surface area contributed by atoms with Crippen LogP contribution in [0.4, 0.5) is 13.2 Å². The quantitative estimate of drug-likeness (QED) is 0.483. The van der Waals surface area contributed by atoms with Crippen molar-refractivity contribution in [3.63, 3.8) is 0 Å². The fraction of sp³-hybridized carbons (Fsp3) is 0.348. The van der Waals surface area contributed by atoms with Crippen molar-refractivity contribution in [2.24, 2.45) is 5.92 Å². The van der Waals surface area contributed by atoms with Gasteiger partial charge in [0.05, 0.1) is 20.8 Å². The molecular formula is C23H18Cl3F3N2O2. The van der Waals surface area contributed by atoms with E-state index in [1.54, 1.807) is 12.1 Å². The van der Waals surface area contributed by atoms with E-state index in [0.717, 1.165) is 36.6 Å². The molecule has 0 aromatic heterocycles. The summed E-state index contributed by atoms with van der Waals surface area (Å²) in [6, 6.07) is 9.39. The number of likely N-dealkylation sites (tertiary alicyclic amines) is 1. The highest BCUT2D eigenvalue weighted by molar-refractivity contribution is 6.48. The molecule has 0 spiro atoms. The van der Waals surface area contributed by atoms with Gasteiger partial charge in [0.1, 0.15) is 0 Å². The second-order valence-electron chi connectivity index (χ2n) is 8.59. The molecule has 1 amide bonds. The number of alkyl halides is 3. The molecule has 1 unspecified atom stereocenters. The number of nitrogens with zero attached hydrogens (tertiary/aromatic N) is 1. The fourth-order valence-electron chi connectivity index (χ4n) is 4.15. The topological polar surface area (TPSA) is 41.6 Å². The van der Waals surface area contributed by atoms with E-state index in [1.165, 1.54) is 0 Å². The molecule has 0 radical (unpaired) electrons. The van der Waals surface area contributed by atoms with Crippen molar-refractivity contribution in [2.75, 3.05) is 13.1 Å². The lowest BCUT2D eigenvalue weighted by molar-refractivity contribution is -0.269. The van der Waals surface area contributed by atoms with Crippen LogP contribution in [0.25, 0.3) is 5.70 Å². The van der Waals surface area contributed by atoms with E-state index < -0.39 is 11.8 Å². The summed E-state index contributed by atoms with van der Waals surface area (Å²) in [6.45, 7) is 1.35. The fourth-order valence-corrected chi connectivity index (χ4v) is 4.74. The average molecular weight is 518 g/mol. The van der Waals surface area contributed by atoms with Crippen molar-refractivity contribution in [3.8, 4) is 0 Å². The van der Waals surface area contributed by atoms with Crippen molar-refractivity contribution >= 4 is 46.4 Å². The number of hydrogen-bond donors (Lipinski definition) is 1. The van der Waals surface area contributed by atoms with Gasteiger partial charge < -0.3 is 4.90 Å². The SMILES string of the molecule is O=C(C1CC1)N1CC(c2ccc(C3=CC(c4cc(Cl)c(Cl)c(Cl)c4)(C(F)(F)F)ON3)cc2)C1. The predicted molar refractivity (Wildman–Crippen MR) is 120 cm³/mol. The zero-order valence-corrected chi connectivity index (χ0v) is 19.3. The van der Waals surface area contributed by atoms with E-state index in [9.17, 15) is 18.0 Å². The molecular weight excluding hydrogens is 500 g/mol. The van der Waals surface area contributed by atoms with Crippen molar-refractivity contribution in [2.45, 2.75) is 30.5 Å². The van der Waals surface area contributed by atoms with Crippen LogP contribution in [-0.2, 0) is 15.2 Å². The van der Waals surface area contributed by atoms with Crippen LogP contribution in [0.3, 0.4) is 0 Å². The lowest BCUT2D eigenvalue weighted by Gasteiger charge is -2.39. The second kappa shape index (κ2) is 8.08. The Morgan fingerprint density at radius 3 is 2.21 bits per heavy atom. The van der Waals surface area contributed by atoms with E-state index in [0.29, 0.717) is 18.7 Å². The molecule has 2 aliphatic heterocycles. The molecule has 1 atom stereocenters. The number of carbonyl (C=O) groups is 1. The molecule has 5 rings (SSSR count). The summed E-state index contributed by atoms with van der Waals surface area (Å²) in [5, 5.41) is -0.238. The molecule has 33 heavy (non-hydrogen) atoms. The van der Waals surface area contributed by atoms with Gasteiger partial charge in [-0.1, -0.05) is 59.1 Å². The Morgan fingerprint density at radius 2 is 1.67 bits per heavy atom. The number of rotatable bonds is 4. The maximum Gasteiger partial charge on any atom is 0.428 e. The molecule has 1 saturated carbocycles. The number of carbonyl (C=O) groups excluding carboxylic acids is 1. The molecule has 2 fully saturated rings. The minimum atomic E-state index is -4.80. The van der Waals surface area contributed by atoms with Crippen LogP contribution in [0.5, 0.6) is 0 Å². The number of nitrogens with one attached hydrogen (secondary N) is 1. The summed E-state index contributed by atoms with van der Waals surface area (Å²) in [5.74, 6) is 0.662. The summed E-state index contributed by atoms with van der Waals surface area (Å²) in [6.07, 6.45) is -1.87. The first-order chi connectivity index (χ1) is 15.6. The summed E-state index contributed by atoms with van der Waals surface area (Å²) in [4.78, 5) is 19.1. The number of hydroxylamine groups is 1. The highest BCUT2D eigenvalue weighted by Gasteiger charge is 2.59. The number of benzene rings is 2. The predicted octanol–water partition coefficient (Wildman–Crippen LogP) is 6.32. The van der Waals surface area contributed by atoms with Crippen molar-refractivity contribution < 1.29 is 22.8 Å². The highest BCUT2D eigenvalue weighted by atomic mass is 35.5. The maximum atomic E-state index is 14.2. The van der Waals surface area contributed by atoms with E-state index in [-0.39, 0.29) is 44.1 Å². The number of hydrogen-bond acceptors (Lipinski definition) is 3. The van der Waals surface area contributed by atoms with Gasteiger partial charge in [0.2, 0.25) is 11.5 Å². The molecule has 2 aromatic rings. The van der Waals surface area contributed by atoms with Gasteiger partial charge >= 0.3 is 6.18 Å². The smallest absolute Gasteiger partial charge is 0.341 e. The normalized spacial score (nSPS) is 23.2. The van der Waals surface area contributed by atoms with Gasteiger partial charge in [-0.25, -0.2) is 0 Å². The highest BCUT2D eigenvalue weighted by Crippen LogP contribution is 2.49. The molecule has 2 aromatic carbocycles. The van der Waals surface area contributed by atoms with Gasteiger partial charge in [-0.15, -0.1) is 0 Å². The Balaban J connectivity index is 1.38. The monoisotopic (exact) mass is 516 g/mol. The van der Waals surface area contributed by atoms with E-state index in [2.05, 4.69) is 5.48 Å². The van der Waals surface area contributed by atoms with E-state index >= 15 is 0 Å². The van der Waals surface area contributed by atoms with Gasteiger partial charge in [0, 0.05) is 30.5 Å². The molecule has 4 nitrogen and oxygen atoms in total. The lowest BCUT2D eigenvalue weighted by atomic mass is 9.89. The summed E-state index contributed by atoms with van der Waals surface area (Å²) >= 11 is 17.9. The Kier molecular flexibility index (Phi) is 5.59. The Hall–Kier alpha value is -1.93. The zero-order valence-electron chi connectivity index (χ0n) is 17.1. The third kappa shape index (κ3) is 3.99. The van der Waals surface area contributed by atoms with Crippen LogP contribution in [0, 0.1) is 5.92 Å². The van der Waals surface area contributed by atoms with Crippen LogP contribution in [0.2, 0.25) is 15.1 Å². The molecule has 10 heteroatoms. The molecule has 3 aliphatic rings. The zero-order chi connectivity index (χ0) is 23.5. The Morgan fingerprint density at radius 1 is 1.06 bits per heavy atom. The first kappa shape index (κ1) is 22.8. The van der Waals surface area contributed by atoms with Gasteiger partial charge in [0.25, 0.3) is 0 Å². The van der Waals surface area contributed by atoms with Crippen molar-refractivity contribution in [1.29, 1.82) is 0 Å². The van der Waals surface area contributed by atoms with E-state index in [4.69, 9.17) is 39.6 Å². The van der Waals surface area contributed by atoms with Crippen LogP contribution >= 0.6 is 34.8 Å². The standard InChI is InChI=1S/C23H18Cl3F3N2O2/c24-17-7-16(8-18(25)20(17)26)22(23(27,28)29)9-19(30-33-22)13-3-1-12(2-4-13)15-10-31(11-15)21(32)14-5-6-14/h1-4,7-9,14-15,30H,5-6,10-11H2. The van der Waals surface area contributed by atoms with Crippen LogP contribution in [0.15, 0.2) is 42.5 Å². The van der Waals surface area contributed by atoms with Crippen LogP contribution < -0.4 is 5.48 Å². The molecule has 1 aliphatic carbocycles. The summed E-state index contributed by atoms with van der Waals surface area (Å²) in [5.41, 5.74) is 1.07. The number of halogens is 6. The largest absolute Gasteiger partial charge is 0.428 e. The summed E-state index contributed by atoms with van der Waals surface area (Å²) < 4.78 is 42.5. The number of amides is 1. The van der Waals surface area contributed by atoms with Gasteiger partial charge in [0.15, 0.2) is 0 Å². The van der Waals surface area contributed by atoms with Crippen LogP contribution in [-0.4, -0.2) is 30.1 Å². The first-order valence-electron chi connectivity index (χ1n) is 10.4. The minimum Gasteiger partial charge on any atom is -0.341 e. The third-order valence-electron chi connectivity index (χ3n) is 6.32. The molecule has 1 N–H and O–H groups in total. The Bertz CT molecular complexity index is 1120. The second-order valence-corrected chi connectivity index (χ2v) is 9.78. The summed E-state index contributed by atoms with van der Waals surface area (Å²) in [7, 11) is 0. The van der Waals surface area contributed by atoms with Crippen molar-refractivity contribution in [1.82, 2.24) is 10.4 Å². The van der Waals surface area contributed by atoms with Gasteiger partial charge in [-0.05, 0) is 42.2 Å². The van der Waals surface area contributed by atoms with E-state index in [1.807, 2.05) is 17.0 Å².